The molecule has 2 unspecified atom stereocenters. The Morgan fingerprint density at radius 2 is 2.50 bits per heavy atom. The van der Waals surface area contributed by atoms with Crippen molar-refractivity contribution in [2.75, 3.05) is 11.9 Å². The summed E-state index contributed by atoms with van der Waals surface area (Å²) in [5, 5.41) is 8.90. The quantitative estimate of drug-likeness (QED) is 0.827. The molecule has 2 N–H and O–H groups in total. The van der Waals surface area contributed by atoms with Crippen molar-refractivity contribution in [2.24, 2.45) is 5.92 Å². The van der Waals surface area contributed by atoms with Gasteiger partial charge >= 0.3 is 0 Å². The minimum atomic E-state index is 0.114. The Morgan fingerprint density at radius 3 is 3.12 bits per heavy atom. The summed E-state index contributed by atoms with van der Waals surface area (Å²) in [6.07, 6.45) is 1.83. The van der Waals surface area contributed by atoms with Gasteiger partial charge in [0.15, 0.2) is 5.13 Å². The highest BCUT2D eigenvalue weighted by Gasteiger charge is 2.25. The van der Waals surface area contributed by atoms with E-state index in [1.54, 1.807) is 0 Å². The third-order valence-electron chi connectivity index (χ3n) is 2.84. The molecule has 0 saturated carbocycles. The second-order valence-electron chi connectivity index (χ2n) is 4.36. The van der Waals surface area contributed by atoms with Crippen molar-refractivity contribution >= 4 is 22.4 Å². The number of nitrogens with one attached hydrogen (secondary N) is 2. The SMILES string of the molecule is Cc1csc(NC(=O)C2CCNC(C)C2)n1. The topological polar surface area (TPSA) is 54.0 Å². The molecule has 0 spiro atoms. The standard InChI is InChI=1S/C11H17N3OS/c1-7-5-9(3-4-12-7)10(15)14-11-13-8(2)6-16-11/h6-7,9,12H,3-5H2,1-2H3,(H,13,14,15). The molecule has 1 aromatic heterocycles. The lowest BCUT2D eigenvalue weighted by Crippen LogP contribution is -2.40. The van der Waals surface area contributed by atoms with Gasteiger partial charge in [0.1, 0.15) is 0 Å². The van der Waals surface area contributed by atoms with Crippen LogP contribution in [0.4, 0.5) is 5.13 Å². The van der Waals surface area contributed by atoms with Crippen LogP contribution in [0.25, 0.3) is 0 Å². The van der Waals surface area contributed by atoms with E-state index in [0.717, 1.165) is 25.1 Å². The van der Waals surface area contributed by atoms with E-state index >= 15 is 0 Å². The fourth-order valence-electron chi connectivity index (χ4n) is 1.99. The molecule has 2 heterocycles. The summed E-state index contributed by atoms with van der Waals surface area (Å²) in [6.45, 7) is 4.97. The predicted molar refractivity (Wildman–Crippen MR) is 65.7 cm³/mol. The maximum atomic E-state index is 12.0. The Morgan fingerprint density at radius 1 is 1.69 bits per heavy atom. The van der Waals surface area contributed by atoms with Gasteiger partial charge in [0, 0.05) is 17.3 Å². The van der Waals surface area contributed by atoms with Gasteiger partial charge in [0.05, 0.1) is 5.69 Å². The fraction of sp³-hybridized carbons (Fsp3) is 0.636. The molecule has 0 bridgehead atoms. The van der Waals surface area contributed by atoms with Crippen LogP contribution in [0.2, 0.25) is 0 Å². The number of thiazole rings is 1. The van der Waals surface area contributed by atoms with Gasteiger partial charge < -0.3 is 10.6 Å². The van der Waals surface area contributed by atoms with E-state index in [2.05, 4.69) is 22.5 Å². The average molecular weight is 239 g/mol. The molecule has 1 amide bonds. The summed E-state index contributed by atoms with van der Waals surface area (Å²) >= 11 is 1.48. The third kappa shape index (κ3) is 2.80. The van der Waals surface area contributed by atoms with Crippen LogP contribution >= 0.6 is 11.3 Å². The van der Waals surface area contributed by atoms with Crippen molar-refractivity contribution in [1.29, 1.82) is 0 Å². The number of nitrogens with zero attached hydrogens (tertiary/aromatic N) is 1. The van der Waals surface area contributed by atoms with Crippen LogP contribution in [0, 0.1) is 12.8 Å². The second kappa shape index (κ2) is 4.93. The summed E-state index contributed by atoms with van der Waals surface area (Å²) in [5.41, 5.74) is 0.957. The number of carbonyl (C=O) groups excluding carboxylic acids is 1. The number of carbonyl (C=O) groups is 1. The van der Waals surface area contributed by atoms with E-state index in [1.807, 2.05) is 12.3 Å². The number of hydrogen-bond acceptors (Lipinski definition) is 4. The first-order chi connectivity index (χ1) is 7.65. The zero-order valence-corrected chi connectivity index (χ0v) is 10.4. The molecule has 1 aromatic rings. The zero-order chi connectivity index (χ0) is 11.5. The highest BCUT2D eigenvalue weighted by molar-refractivity contribution is 7.13. The van der Waals surface area contributed by atoms with Crippen LogP contribution in [0.5, 0.6) is 0 Å². The molecule has 16 heavy (non-hydrogen) atoms. The van der Waals surface area contributed by atoms with E-state index in [9.17, 15) is 4.79 Å². The number of aryl methyl sites for hydroxylation is 1. The van der Waals surface area contributed by atoms with Crippen LogP contribution < -0.4 is 10.6 Å². The summed E-state index contributed by atoms with van der Waals surface area (Å²) in [5.74, 6) is 0.239. The predicted octanol–water partition coefficient (Wildman–Crippen LogP) is 1.78. The second-order valence-corrected chi connectivity index (χ2v) is 5.22. The number of anilines is 1. The maximum absolute atomic E-state index is 12.0. The van der Waals surface area contributed by atoms with Gasteiger partial charge in [-0.15, -0.1) is 11.3 Å². The molecule has 0 aromatic carbocycles. The molecule has 1 aliphatic rings. The first-order valence-electron chi connectivity index (χ1n) is 5.61. The Hall–Kier alpha value is -0.940. The molecule has 2 atom stereocenters. The van der Waals surface area contributed by atoms with Crippen molar-refractivity contribution < 1.29 is 4.79 Å². The molecular weight excluding hydrogens is 222 g/mol. The van der Waals surface area contributed by atoms with Crippen LogP contribution in [0.15, 0.2) is 5.38 Å². The lowest BCUT2D eigenvalue weighted by Gasteiger charge is -2.26. The van der Waals surface area contributed by atoms with Gasteiger partial charge in [-0.25, -0.2) is 4.98 Å². The zero-order valence-electron chi connectivity index (χ0n) is 9.62. The summed E-state index contributed by atoms with van der Waals surface area (Å²) in [7, 11) is 0. The minimum Gasteiger partial charge on any atom is -0.314 e. The molecular formula is C11H17N3OS. The molecule has 1 saturated heterocycles. The average Bonchev–Trinajstić information content (AvgIpc) is 2.64. The van der Waals surface area contributed by atoms with Gasteiger partial charge in [0.2, 0.25) is 5.91 Å². The van der Waals surface area contributed by atoms with E-state index < -0.39 is 0 Å². The first-order valence-corrected chi connectivity index (χ1v) is 6.49. The Labute approximate surface area is 99.5 Å². The molecule has 88 valence electrons. The molecule has 2 rings (SSSR count). The molecule has 4 nitrogen and oxygen atoms in total. The largest absolute Gasteiger partial charge is 0.314 e. The van der Waals surface area contributed by atoms with Gasteiger partial charge in [-0.05, 0) is 33.2 Å². The van der Waals surface area contributed by atoms with Crippen molar-refractivity contribution in [2.45, 2.75) is 32.7 Å². The fourth-order valence-corrected chi connectivity index (χ4v) is 2.68. The molecule has 1 fully saturated rings. The number of piperidine rings is 1. The number of hydrogen-bond donors (Lipinski definition) is 2. The van der Waals surface area contributed by atoms with Gasteiger partial charge in [-0.3, -0.25) is 4.79 Å². The normalized spacial score (nSPS) is 25.4. The minimum absolute atomic E-state index is 0.114. The third-order valence-corrected chi connectivity index (χ3v) is 3.72. The summed E-state index contributed by atoms with van der Waals surface area (Å²) in [4.78, 5) is 16.2. The first kappa shape index (κ1) is 11.5. The number of amides is 1. The Balaban J connectivity index is 1.92. The highest BCUT2D eigenvalue weighted by atomic mass is 32.1. The van der Waals surface area contributed by atoms with E-state index in [1.165, 1.54) is 11.3 Å². The summed E-state index contributed by atoms with van der Waals surface area (Å²) in [6, 6.07) is 0.433. The highest BCUT2D eigenvalue weighted by Crippen LogP contribution is 2.20. The van der Waals surface area contributed by atoms with Crippen LogP contribution in [0.1, 0.15) is 25.5 Å². The maximum Gasteiger partial charge on any atom is 0.229 e. The lowest BCUT2D eigenvalue weighted by atomic mass is 9.93. The van der Waals surface area contributed by atoms with Crippen molar-refractivity contribution in [1.82, 2.24) is 10.3 Å². The Bertz CT molecular complexity index is 377. The van der Waals surface area contributed by atoms with E-state index in [4.69, 9.17) is 0 Å². The number of rotatable bonds is 2. The summed E-state index contributed by atoms with van der Waals surface area (Å²) < 4.78 is 0. The van der Waals surface area contributed by atoms with Gasteiger partial charge in [-0.1, -0.05) is 0 Å². The van der Waals surface area contributed by atoms with Crippen molar-refractivity contribution in [3.05, 3.63) is 11.1 Å². The monoisotopic (exact) mass is 239 g/mol. The van der Waals surface area contributed by atoms with E-state index in [0.29, 0.717) is 11.2 Å². The Kier molecular flexibility index (Phi) is 3.56. The van der Waals surface area contributed by atoms with Crippen molar-refractivity contribution in [3.8, 4) is 0 Å². The van der Waals surface area contributed by atoms with Crippen LogP contribution in [-0.2, 0) is 4.79 Å². The smallest absolute Gasteiger partial charge is 0.229 e. The van der Waals surface area contributed by atoms with Crippen LogP contribution in [-0.4, -0.2) is 23.5 Å². The number of aromatic nitrogens is 1. The molecule has 0 aliphatic carbocycles. The molecule has 0 radical (unpaired) electrons. The van der Waals surface area contributed by atoms with Gasteiger partial charge in [-0.2, -0.15) is 0 Å². The molecule has 5 heteroatoms. The van der Waals surface area contributed by atoms with E-state index in [-0.39, 0.29) is 11.8 Å². The van der Waals surface area contributed by atoms with Crippen molar-refractivity contribution in [3.63, 3.8) is 0 Å². The van der Waals surface area contributed by atoms with Crippen LogP contribution in [0.3, 0.4) is 0 Å². The lowest BCUT2D eigenvalue weighted by molar-refractivity contribution is -0.120. The molecule has 1 aliphatic heterocycles. The van der Waals surface area contributed by atoms with Gasteiger partial charge in [0.25, 0.3) is 0 Å².